The number of benzene rings is 1. The second kappa shape index (κ2) is 4.03. The topological polar surface area (TPSA) is 22.1 Å². The maximum atomic E-state index is 5.28. The van der Waals surface area contributed by atoms with Crippen molar-refractivity contribution in [3.63, 3.8) is 0 Å². The lowest BCUT2D eigenvalue weighted by Crippen LogP contribution is -1.91. The standard InChI is InChI=1S/C12H13NOS/c1-8-5-12(14-3)9(2)4-10(8)11-6-15-7-13-11/h4-7H,1-3H3. The van der Waals surface area contributed by atoms with Crippen LogP contribution < -0.4 is 4.74 Å². The molecule has 2 aromatic rings. The number of rotatable bonds is 2. The molecule has 0 radical (unpaired) electrons. The Morgan fingerprint density at radius 1 is 1.20 bits per heavy atom. The summed E-state index contributed by atoms with van der Waals surface area (Å²) in [5.41, 5.74) is 6.43. The largest absolute Gasteiger partial charge is 0.496 e. The molecule has 1 aromatic carbocycles. The average Bonchev–Trinajstić information content (AvgIpc) is 2.74. The van der Waals surface area contributed by atoms with E-state index in [0.717, 1.165) is 17.0 Å². The number of methoxy groups -OCH3 is 1. The van der Waals surface area contributed by atoms with Gasteiger partial charge in [-0.3, -0.25) is 0 Å². The molecule has 0 saturated heterocycles. The normalized spacial score (nSPS) is 10.3. The van der Waals surface area contributed by atoms with E-state index in [0.29, 0.717) is 0 Å². The predicted octanol–water partition coefficient (Wildman–Crippen LogP) is 3.44. The van der Waals surface area contributed by atoms with Crippen molar-refractivity contribution in [2.75, 3.05) is 7.11 Å². The highest BCUT2D eigenvalue weighted by Gasteiger charge is 2.07. The van der Waals surface area contributed by atoms with Gasteiger partial charge in [-0.1, -0.05) is 0 Å². The first kappa shape index (κ1) is 10.2. The second-order valence-electron chi connectivity index (χ2n) is 3.51. The van der Waals surface area contributed by atoms with Gasteiger partial charge in [0, 0.05) is 10.9 Å². The molecule has 2 nitrogen and oxygen atoms in total. The van der Waals surface area contributed by atoms with E-state index in [1.165, 1.54) is 11.1 Å². The van der Waals surface area contributed by atoms with Crippen LogP contribution in [0.5, 0.6) is 5.75 Å². The summed E-state index contributed by atoms with van der Waals surface area (Å²) >= 11 is 1.62. The van der Waals surface area contributed by atoms with Crippen LogP contribution in [-0.2, 0) is 0 Å². The van der Waals surface area contributed by atoms with Crippen LogP contribution in [0.15, 0.2) is 23.0 Å². The third-order valence-corrected chi connectivity index (χ3v) is 3.04. The molecule has 0 spiro atoms. The smallest absolute Gasteiger partial charge is 0.122 e. The number of nitrogens with zero attached hydrogens (tertiary/aromatic N) is 1. The van der Waals surface area contributed by atoms with E-state index in [4.69, 9.17) is 4.74 Å². The van der Waals surface area contributed by atoms with Gasteiger partial charge in [-0.2, -0.15) is 0 Å². The van der Waals surface area contributed by atoms with Gasteiger partial charge in [0.1, 0.15) is 5.75 Å². The van der Waals surface area contributed by atoms with Gasteiger partial charge in [0.15, 0.2) is 0 Å². The van der Waals surface area contributed by atoms with Gasteiger partial charge in [-0.25, -0.2) is 4.98 Å². The molecule has 78 valence electrons. The first-order valence-corrected chi connectivity index (χ1v) is 5.70. The highest BCUT2D eigenvalue weighted by atomic mass is 32.1. The Bertz CT molecular complexity index is 463. The molecule has 0 aliphatic carbocycles. The van der Waals surface area contributed by atoms with Crippen molar-refractivity contribution in [2.45, 2.75) is 13.8 Å². The van der Waals surface area contributed by atoms with Gasteiger partial charge in [0.05, 0.1) is 18.3 Å². The molecular formula is C12H13NOS. The van der Waals surface area contributed by atoms with Crippen molar-refractivity contribution in [2.24, 2.45) is 0 Å². The van der Waals surface area contributed by atoms with Gasteiger partial charge in [0.2, 0.25) is 0 Å². The molecule has 0 amide bonds. The van der Waals surface area contributed by atoms with Crippen LogP contribution >= 0.6 is 11.3 Å². The number of aromatic nitrogens is 1. The lowest BCUT2D eigenvalue weighted by molar-refractivity contribution is 0.411. The van der Waals surface area contributed by atoms with E-state index in [1.807, 2.05) is 12.4 Å². The number of ether oxygens (including phenoxy) is 1. The zero-order chi connectivity index (χ0) is 10.8. The van der Waals surface area contributed by atoms with Crippen LogP contribution in [0.2, 0.25) is 0 Å². The maximum Gasteiger partial charge on any atom is 0.122 e. The summed E-state index contributed by atoms with van der Waals surface area (Å²) in [6.07, 6.45) is 0. The van der Waals surface area contributed by atoms with Crippen molar-refractivity contribution in [1.29, 1.82) is 0 Å². The third-order valence-electron chi connectivity index (χ3n) is 2.45. The highest BCUT2D eigenvalue weighted by molar-refractivity contribution is 7.07. The summed E-state index contributed by atoms with van der Waals surface area (Å²) in [4.78, 5) is 4.32. The Hall–Kier alpha value is -1.35. The molecule has 0 aliphatic heterocycles. The van der Waals surface area contributed by atoms with E-state index in [2.05, 4.69) is 29.4 Å². The number of thiazole rings is 1. The fourth-order valence-electron chi connectivity index (χ4n) is 1.63. The summed E-state index contributed by atoms with van der Waals surface area (Å²) in [7, 11) is 1.70. The lowest BCUT2D eigenvalue weighted by Gasteiger charge is -2.09. The van der Waals surface area contributed by atoms with Crippen LogP contribution in [0, 0.1) is 13.8 Å². The Labute approximate surface area is 93.6 Å². The molecule has 0 saturated carbocycles. The molecule has 0 unspecified atom stereocenters. The van der Waals surface area contributed by atoms with E-state index in [1.54, 1.807) is 18.4 Å². The predicted molar refractivity (Wildman–Crippen MR) is 63.6 cm³/mol. The van der Waals surface area contributed by atoms with E-state index >= 15 is 0 Å². The lowest BCUT2D eigenvalue weighted by atomic mass is 10.0. The monoisotopic (exact) mass is 219 g/mol. The van der Waals surface area contributed by atoms with Gasteiger partial charge < -0.3 is 4.74 Å². The first-order valence-electron chi connectivity index (χ1n) is 4.76. The van der Waals surface area contributed by atoms with Gasteiger partial charge in [-0.05, 0) is 37.1 Å². The van der Waals surface area contributed by atoms with E-state index in [-0.39, 0.29) is 0 Å². The van der Waals surface area contributed by atoms with E-state index < -0.39 is 0 Å². The van der Waals surface area contributed by atoms with Crippen molar-refractivity contribution >= 4 is 11.3 Å². The minimum absolute atomic E-state index is 0.937. The second-order valence-corrected chi connectivity index (χ2v) is 4.23. The van der Waals surface area contributed by atoms with Crippen LogP contribution in [0.4, 0.5) is 0 Å². The van der Waals surface area contributed by atoms with Gasteiger partial charge in [0.25, 0.3) is 0 Å². The molecule has 1 aromatic heterocycles. The minimum atomic E-state index is 0.937. The van der Waals surface area contributed by atoms with Gasteiger partial charge in [-0.15, -0.1) is 11.3 Å². The Morgan fingerprint density at radius 2 is 2.00 bits per heavy atom. The molecule has 0 atom stereocenters. The number of hydrogen-bond acceptors (Lipinski definition) is 3. The van der Waals surface area contributed by atoms with E-state index in [9.17, 15) is 0 Å². The quantitative estimate of drug-likeness (QED) is 0.772. The zero-order valence-electron chi connectivity index (χ0n) is 9.07. The van der Waals surface area contributed by atoms with Crippen LogP contribution in [0.25, 0.3) is 11.3 Å². The van der Waals surface area contributed by atoms with Gasteiger partial charge >= 0.3 is 0 Å². The Kier molecular flexibility index (Phi) is 2.73. The minimum Gasteiger partial charge on any atom is -0.496 e. The molecule has 0 aliphatic rings. The molecule has 2 rings (SSSR count). The molecule has 1 heterocycles. The zero-order valence-corrected chi connectivity index (χ0v) is 9.89. The van der Waals surface area contributed by atoms with Crippen LogP contribution in [-0.4, -0.2) is 12.1 Å². The molecular weight excluding hydrogens is 206 g/mol. The number of hydrogen-bond donors (Lipinski definition) is 0. The number of aryl methyl sites for hydroxylation is 2. The third kappa shape index (κ3) is 1.88. The fourth-order valence-corrected chi connectivity index (χ4v) is 2.18. The summed E-state index contributed by atoms with van der Waals surface area (Å²) in [5, 5.41) is 2.06. The highest BCUT2D eigenvalue weighted by Crippen LogP contribution is 2.29. The van der Waals surface area contributed by atoms with Crippen molar-refractivity contribution in [3.8, 4) is 17.0 Å². The van der Waals surface area contributed by atoms with Crippen molar-refractivity contribution in [3.05, 3.63) is 34.2 Å². The molecule has 15 heavy (non-hydrogen) atoms. The Balaban J connectivity index is 2.55. The summed E-state index contributed by atoms with van der Waals surface area (Å²) in [5.74, 6) is 0.937. The summed E-state index contributed by atoms with van der Waals surface area (Å²) < 4.78 is 5.28. The van der Waals surface area contributed by atoms with Crippen molar-refractivity contribution in [1.82, 2.24) is 4.98 Å². The first-order chi connectivity index (χ1) is 7.22. The molecule has 0 fully saturated rings. The van der Waals surface area contributed by atoms with Crippen LogP contribution in [0.3, 0.4) is 0 Å². The summed E-state index contributed by atoms with van der Waals surface area (Å²) in [6, 6.07) is 4.19. The Morgan fingerprint density at radius 3 is 2.60 bits per heavy atom. The maximum absolute atomic E-state index is 5.28. The average molecular weight is 219 g/mol. The summed E-state index contributed by atoms with van der Waals surface area (Å²) in [6.45, 7) is 4.13. The van der Waals surface area contributed by atoms with Crippen LogP contribution in [0.1, 0.15) is 11.1 Å². The fraction of sp³-hybridized carbons (Fsp3) is 0.250. The molecule has 3 heteroatoms. The molecule has 0 N–H and O–H groups in total. The molecule has 0 bridgehead atoms. The van der Waals surface area contributed by atoms with Crippen molar-refractivity contribution < 1.29 is 4.74 Å². The SMILES string of the molecule is COc1cc(C)c(-c2cscn2)cc1C.